The largest absolute Gasteiger partial charge is 0.495 e. The lowest BCUT2D eigenvalue weighted by Crippen LogP contribution is -2.49. The van der Waals surface area contributed by atoms with Gasteiger partial charge >= 0.3 is 0 Å². The molecule has 5 aromatic rings. The highest BCUT2D eigenvalue weighted by Gasteiger charge is 2.31. The number of methoxy groups -OCH3 is 1. The van der Waals surface area contributed by atoms with Gasteiger partial charge in [-0.3, -0.25) is 14.4 Å². The van der Waals surface area contributed by atoms with Crippen molar-refractivity contribution in [3.63, 3.8) is 0 Å². The van der Waals surface area contributed by atoms with Crippen LogP contribution in [-0.2, 0) is 20.8 Å². The summed E-state index contributed by atoms with van der Waals surface area (Å²) in [7, 11) is 3.28. The number of rotatable bonds is 12. The standard InChI is InChI=1S/C40H38ClN7O4S2/c1-23-36(32-22-53-39(46-32)45-31-20-27(41)15-18-33(31)52-3)54-40(43-23)47-37(50)25-13-16-28(17-14-25)44-38(51)35(24-9-5-4-6-10-24)48(2)34(49)19-26-21-42-30-12-8-7-11-29(26)30/h4-5,7-9,11-13,15-18,20-22,25,35,42H,6,10,14,19H2,1-3H3,(H,44,51)(H,45,46)(H,43,47,50). The quantitative estimate of drug-likeness (QED) is 0.0998. The lowest BCUT2D eigenvalue weighted by atomic mass is 9.95. The van der Waals surface area contributed by atoms with Gasteiger partial charge in [-0.1, -0.05) is 71.5 Å². The highest BCUT2D eigenvalue weighted by Crippen LogP contribution is 2.37. The summed E-state index contributed by atoms with van der Waals surface area (Å²) >= 11 is 8.97. The van der Waals surface area contributed by atoms with Crippen LogP contribution in [0.2, 0.25) is 5.02 Å². The number of H-pyrrole nitrogens is 1. The van der Waals surface area contributed by atoms with E-state index in [1.807, 2.05) is 67.1 Å². The Morgan fingerprint density at radius 3 is 2.76 bits per heavy atom. The minimum absolute atomic E-state index is 0.161. The van der Waals surface area contributed by atoms with Gasteiger partial charge in [-0.05, 0) is 67.7 Å². The molecule has 0 saturated heterocycles. The second-order valence-electron chi connectivity index (χ2n) is 12.9. The smallest absolute Gasteiger partial charge is 0.251 e. The maximum atomic E-state index is 13.9. The van der Waals surface area contributed by atoms with Crippen LogP contribution in [0.15, 0.2) is 102 Å². The van der Waals surface area contributed by atoms with Crippen LogP contribution >= 0.6 is 34.3 Å². The van der Waals surface area contributed by atoms with Gasteiger partial charge in [0, 0.05) is 40.2 Å². The van der Waals surface area contributed by atoms with Crippen LogP contribution in [0.3, 0.4) is 0 Å². The molecule has 2 aliphatic carbocycles. The Balaban J connectivity index is 0.970. The second-order valence-corrected chi connectivity index (χ2v) is 15.2. The Labute approximate surface area is 325 Å². The molecule has 2 atom stereocenters. The van der Waals surface area contributed by atoms with Gasteiger partial charge < -0.3 is 30.6 Å². The number of nitrogens with one attached hydrogen (secondary N) is 4. The van der Waals surface area contributed by atoms with Crippen molar-refractivity contribution in [1.82, 2.24) is 25.2 Å². The lowest BCUT2D eigenvalue weighted by molar-refractivity contribution is -0.137. The molecule has 2 aliphatic rings. The first-order valence-corrected chi connectivity index (χ1v) is 19.4. The molecule has 4 N–H and O–H groups in total. The second kappa shape index (κ2) is 16.3. The van der Waals surface area contributed by atoms with E-state index in [0.29, 0.717) is 45.3 Å². The Morgan fingerprint density at radius 2 is 1.98 bits per heavy atom. The number of benzene rings is 2. The number of hydrogen-bond acceptors (Lipinski definition) is 9. The Bertz CT molecular complexity index is 2350. The highest BCUT2D eigenvalue weighted by molar-refractivity contribution is 7.20. The minimum atomic E-state index is -0.783. The molecule has 0 bridgehead atoms. The molecule has 0 saturated carbocycles. The number of aromatic amines is 1. The monoisotopic (exact) mass is 779 g/mol. The number of aryl methyl sites for hydroxylation is 1. The van der Waals surface area contributed by atoms with Crippen molar-refractivity contribution in [1.29, 1.82) is 0 Å². The molecule has 14 heteroatoms. The highest BCUT2D eigenvalue weighted by atomic mass is 35.5. The molecule has 0 aliphatic heterocycles. The number of carbonyl (C=O) groups excluding carboxylic acids is 3. The predicted molar refractivity (Wildman–Crippen MR) is 216 cm³/mol. The first-order valence-electron chi connectivity index (χ1n) is 17.4. The van der Waals surface area contributed by atoms with Gasteiger partial charge in [0.1, 0.15) is 11.8 Å². The lowest BCUT2D eigenvalue weighted by Gasteiger charge is -2.30. The van der Waals surface area contributed by atoms with Crippen molar-refractivity contribution in [3.8, 4) is 16.3 Å². The van der Waals surface area contributed by atoms with E-state index in [9.17, 15) is 14.4 Å². The fourth-order valence-electron chi connectivity index (χ4n) is 6.48. The normalized spacial score (nSPS) is 15.7. The molecule has 7 rings (SSSR count). The molecular formula is C40H38ClN7O4S2. The summed E-state index contributed by atoms with van der Waals surface area (Å²) in [5.74, 6) is -0.480. The maximum absolute atomic E-state index is 13.9. The number of anilines is 3. The Hall–Kier alpha value is -5.50. The van der Waals surface area contributed by atoms with Crippen molar-refractivity contribution >= 4 is 78.8 Å². The van der Waals surface area contributed by atoms with Crippen LogP contribution in [0.4, 0.5) is 16.0 Å². The van der Waals surface area contributed by atoms with Crippen LogP contribution in [0, 0.1) is 12.8 Å². The number of thiazole rings is 2. The molecule has 3 amide bonds. The number of fused-ring (bicyclic) bond motifs is 1. The molecule has 3 heterocycles. The zero-order chi connectivity index (χ0) is 37.8. The molecule has 11 nitrogen and oxygen atoms in total. The van der Waals surface area contributed by atoms with E-state index in [4.69, 9.17) is 21.3 Å². The maximum Gasteiger partial charge on any atom is 0.251 e. The van der Waals surface area contributed by atoms with E-state index < -0.39 is 12.0 Å². The molecule has 2 unspecified atom stereocenters. The summed E-state index contributed by atoms with van der Waals surface area (Å²) in [4.78, 5) is 55.7. The SMILES string of the molecule is COc1ccc(Cl)cc1Nc1nc(-c2sc(NC(=O)C3C=CC(NC(=O)C(C4=CC=CCC4)N(C)C(=O)Cc4c[nH]c5ccccc45)=CC3)nc2C)cs1. The first-order chi connectivity index (χ1) is 26.2. The number of carbonyl (C=O) groups is 3. The minimum Gasteiger partial charge on any atom is -0.495 e. The van der Waals surface area contributed by atoms with Crippen LogP contribution < -0.4 is 20.7 Å². The Morgan fingerprint density at radius 1 is 1.13 bits per heavy atom. The molecular weight excluding hydrogens is 742 g/mol. The number of hydrogen-bond donors (Lipinski definition) is 4. The van der Waals surface area contributed by atoms with Crippen molar-refractivity contribution < 1.29 is 19.1 Å². The van der Waals surface area contributed by atoms with Crippen LogP contribution in [0.25, 0.3) is 21.5 Å². The third-order valence-electron chi connectivity index (χ3n) is 9.31. The van der Waals surface area contributed by atoms with E-state index in [1.54, 1.807) is 44.5 Å². The Kier molecular flexibility index (Phi) is 11.1. The van der Waals surface area contributed by atoms with Crippen LogP contribution in [0.5, 0.6) is 5.75 Å². The van der Waals surface area contributed by atoms with Gasteiger partial charge in [-0.15, -0.1) is 11.3 Å². The van der Waals surface area contributed by atoms with Gasteiger partial charge in [0.15, 0.2) is 10.3 Å². The molecule has 0 radical (unpaired) electrons. The van der Waals surface area contributed by atoms with Gasteiger partial charge in [0.05, 0.1) is 41.4 Å². The summed E-state index contributed by atoms with van der Waals surface area (Å²) in [6, 6.07) is 12.4. The van der Waals surface area contributed by atoms with Gasteiger partial charge in [-0.2, -0.15) is 0 Å². The zero-order valence-corrected chi connectivity index (χ0v) is 32.2. The molecule has 54 heavy (non-hydrogen) atoms. The summed E-state index contributed by atoms with van der Waals surface area (Å²) < 4.78 is 5.43. The van der Waals surface area contributed by atoms with Crippen molar-refractivity contribution in [2.75, 3.05) is 24.8 Å². The third-order valence-corrected chi connectivity index (χ3v) is 11.4. The number of allylic oxidation sites excluding steroid dienone is 5. The summed E-state index contributed by atoms with van der Waals surface area (Å²) in [5, 5.41) is 13.9. The number of likely N-dealkylation sites (N-methyl/N-ethyl adjacent to an activating group) is 1. The van der Waals surface area contributed by atoms with Gasteiger partial charge in [0.25, 0.3) is 5.91 Å². The predicted octanol–water partition coefficient (Wildman–Crippen LogP) is 8.32. The van der Waals surface area contributed by atoms with Crippen LogP contribution in [-0.4, -0.2) is 57.8 Å². The fourth-order valence-corrected chi connectivity index (χ4v) is 8.37. The van der Waals surface area contributed by atoms with Gasteiger partial charge in [0.2, 0.25) is 11.8 Å². The first kappa shape index (κ1) is 36.8. The average molecular weight is 780 g/mol. The van der Waals surface area contributed by atoms with E-state index in [0.717, 1.165) is 44.7 Å². The van der Waals surface area contributed by atoms with E-state index in [-0.39, 0.29) is 24.1 Å². The van der Waals surface area contributed by atoms with E-state index in [1.165, 1.54) is 27.6 Å². The molecule has 3 aromatic heterocycles. The summed E-state index contributed by atoms with van der Waals surface area (Å²) in [6.07, 6.45) is 15.1. The van der Waals surface area contributed by atoms with Crippen molar-refractivity contribution in [2.24, 2.45) is 5.92 Å². The molecule has 276 valence electrons. The zero-order valence-electron chi connectivity index (χ0n) is 29.8. The number of aromatic nitrogens is 3. The number of nitrogens with zero attached hydrogens (tertiary/aromatic N) is 3. The molecule has 0 fully saturated rings. The topological polar surface area (TPSA) is 141 Å². The van der Waals surface area contributed by atoms with E-state index in [2.05, 4.69) is 25.9 Å². The average Bonchev–Trinajstić information content (AvgIpc) is 3.91. The number of amides is 3. The van der Waals surface area contributed by atoms with Crippen LogP contribution in [0.1, 0.15) is 30.5 Å². The molecule has 2 aromatic carbocycles. The van der Waals surface area contributed by atoms with Gasteiger partial charge in [-0.25, -0.2) is 9.97 Å². The number of ether oxygens (including phenoxy) is 1. The van der Waals surface area contributed by atoms with E-state index >= 15 is 0 Å². The molecule has 0 spiro atoms. The third kappa shape index (κ3) is 8.18. The fraction of sp³-hybridized carbons (Fsp3) is 0.225. The number of halogens is 1. The van der Waals surface area contributed by atoms with Crippen molar-refractivity contribution in [3.05, 3.63) is 118 Å². The summed E-state index contributed by atoms with van der Waals surface area (Å²) in [5.41, 5.74) is 5.48. The van der Waals surface area contributed by atoms with Crippen molar-refractivity contribution in [2.45, 2.75) is 38.6 Å². The number of para-hydroxylation sites is 1. The summed E-state index contributed by atoms with van der Waals surface area (Å²) in [6.45, 7) is 1.88.